The van der Waals surface area contributed by atoms with E-state index < -0.39 is 0 Å². The summed E-state index contributed by atoms with van der Waals surface area (Å²) in [5, 5.41) is 1.27. The normalized spacial score (nSPS) is 11.3. The lowest BCUT2D eigenvalue weighted by Crippen LogP contribution is -2.20. The molecule has 0 saturated heterocycles. The third-order valence-corrected chi connectivity index (χ3v) is 5.30. The molecule has 0 unspecified atom stereocenters. The Hall–Kier alpha value is -2.44. The Balaban J connectivity index is 1.66. The van der Waals surface area contributed by atoms with Gasteiger partial charge in [-0.25, -0.2) is 9.97 Å². The zero-order valence-electron chi connectivity index (χ0n) is 13.4. The number of fused-ring (bicyclic) bond motifs is 1. The van der Waals surface area contributed by atoms with Crippen molar-refractivity contribution in [3.05, 3.63) is 68.9 Å². The number of hydrogen-bond acceptors (Lipinski definition) is 5. The molecule has 0 atom stereocenters. The average molecular weight is 372 g/mol. The molecule has 25 heavy (non-hydrogen) atoms. The van der Waals surface area contributed by atoms with E-state index in [1.54, 1.807) is 40.6 Å². The van der Waals surface area contributed by atoms with Crippen LogP contribution in [0, 0.1) is 0 Å². The first kappa shape index (κ1) is 16.1. The highest BCUT2D eigenvalue weighted by atomic mass is 35.5. The summed E-state index contributed by atoms with van der Waals surface area (Å²) in [7, 11) is 0. The number of halogens is 1. The highest BCUT2D eigenvalue weighted by Crippen LogP contribution is 2.23. The third-order valence-electron chi connectivity index (χ3n) is 3.87. The summed E-state index contributed by atoms with van der Waals surface area (Å²) in [5.74, 6) is 0.475. The molecular formula is C18H14ClN3O2S. The molecule has 0 saturated carbocycles. The minimum atomic E-state index is -0.0618. The van der Waals surface area contributed by atoms with Crippen molar-refractivity contribution in [1.29, 1.82) is 0 Å². The summed E-state index contributed by atoms with van der Waals surface area (Å²) in [5.41, 5.74) is 1.39. The van der Waals surface area contributed by atoms with Crippen molar-refractivity contribution in [2.75, 3.05) is 0 Å². The van der Waals surface area contributed by atoms with E-state index in [0.717, 1.165) is 21.7 Å². The summed E-state index contributed by atoms with van der Waals surface area (Å²) < 4.78 is 7.07. The van der Waals surface area contributed by atoms with Crippen LogP contribution < -0.4 is 5.56 Å². The lowest BCUT2D eigenvalue weighted by Gasteiger charge is -2.01. The first-order valence-corrected chi connectivity index (χ1v) is 9.01. The zero-order chi connectivity index (χ0) is 17.4. The van der Waals surface area contributed by atoms with Crippen molar-refractivity contribution in [2.45, 2.75) is 19.9 Å². The van der Waals surface area contributed by atoms with Gasteiger partial charge in [-0.3, -0.25) is 9.36 Å². The van der Waals surface area contributed by atoms with Crippen LogP contribution in [0.3, 0.4) is 0 Å². The van der Waals surface area contributed by atoms with Crippen LogP contribution in [-0.4, -0.2) is 14.5 Å². The quantitative estimate of drug-likeness (QED) is 0.534. The van der Waals surface area contributed by atoms with Gasteiger partial charge in [0.05, 0.1) is 24.0 Å². The van der Waals surface area contributed by atoms with Gasteiger partial charge in [-0.2, -0.15) is 0 Å². The lowest BCUT2D eigenvalue weighted by atomic mass is 10.2. The lowest BCUT2D eigenvalue weighted by molar-refractivity contribution is 0.571. The van der Waals surface area contributed by atoms with Gasteiger partial charge in [-0.15, -0.1) is 11.3 Å². The molecule has 0 N–H and O–H groups in total. The van der Waals surface area contributed by atoms with Crippen LogP contribution in [0.5, 0.6) is 0 Å². The molecule has 0 aliphatic rings. The standard InChI is InChI=1S/C18H14ClN3O2S/c1-2-14-7-15-17(25-14)20-10-22(18(15)23)8-13-9-24-16(21-13)11-4-3-5-12(19)6-11/h3-7,9-10H,2,8H2,1H3. The Labute approximate surface area is 152 Å². The molecule has 0 aliphatic carbocycles. The summed E-state index contributed by atoms with van der Waals surface area (Å²) in [4.78, 5) is 23.4. The molecule has 0 fully saturated rings. The van der Waals surface area contributed by atoms with Gasteiger partial charge < -0.3 is 4.42 Å². The molecular weight excluding hydrogens is 358 g/mol. The number of aryl methyl sites for hydroxylation is 1. The maximum atomic E-state index is 12.6. The highest BCUT2D eigenvalue weighted by Gasteiger charge is 2.11. The second kappa shape index (κ2) is 6.46. The van der Waals surface area contributed by atoms with Crippen molar-refractivity contribution < 1.29 is 4.42 Å². The van der Waals surface area contributed by atoms with Gasteiger partial charge in [0, 0.05) is 15.5 Å². The average Bonchev–Trinajstić information content (AvgIpc) is 3.24. The van der Waals surface area contributed by atoms with Crippen molar-refractivity contribution >= 4 is 33.2 Å². The Bertz CT molecular complexity index is 1110. The van der Waals surface area contributed by atoms with Gasteiger partial charge in [-0.05, 0) is 30.7 Å². The van der Waals surface area contributed by atoms with Crippen molar-refractivity contribution in [1.82, 2.24) is 14.5 Å². The summed E-state index contributed by atoms with van der Waals surface area (Å²) in [6.45, 7) is 2.37. The predicted molar refractivity (Wildman–Crippen MR) is 99.3 cm³/mol. The van der Waals surface area contributed by atoms with E-state index in [-0.39, 0.29) is 5.56 Å². The number of oxazole rings is 1. The molecule has 3 heterocycles. The fourth-order valence-corrected chi connectivity index (χ4v) is 3.72. The second-order valence-electron chi connectivity index (χ2n) is 5.62. The Morgan fingerprint density at radius 1 is 1.32 bits per heavy atom. The van der Waals surface area contributed by atoms with Crippen LogP contribution in [-0.2, 0) is 13.0 Å². The van der Waals surface area contributed by atoms with Crippen LogP contribution in [0.15, 0.2) is 52.1 Å². The maximum absolute atomic E-state index is 12.6. The fraction of sp³-hybridized carbons (Fsp3) is 0.167. The molecule has 0 aliphatic heterocycles. The highest BCUT2D eigenvalue weighted by molar-refractivity contribution is 7.18. The van der Waals surface area contributed by atoms with Gasteiger partial charge in [0.15, 0.2) is 0 Å². The summed E-state index contributed by atoms with van der Waals surface area (Å²) in [6.07, 6.45) is 4.01. The van der Waals surface area contributed by atoms with E-state index in [9.17, 15) is 4.79 Å². The fourth-order valence-electron chi connectivity index (χ4n) is 2.60. The van der Waals surface area contributed by atoms with Gasteiger partial charge in [0.1, 0.15) is 11.1 Å². The SMILES string of the molecule is CCc1cc2c(=O)n(Cc3coc(-c4cccc(Cl)c4)n3)cnc2s1. The molecule has 7 heteroatoms. The number of thiophene rings is 1. The first-order chi connectivity index (χ1) is 12.1. The predicted octanol–water partition coefficient (Wildman–Crippen LogP) is 4.38. The van der Waals surface area contributed by atoms with E-state index >= 15 is 0 Å². The zero-order valence-corrected chi connectivity index (χ0v) is 15.0. The second-order valence-corrected chi connectivity index (χ2v) is 7.17. The van der Waals surface area contributed by atoms with Gasteiger partial charge >= 0.3 is 0 Å². The minimum absolute atomic E-state index is 0.0618. The third kappa shape index (κ3) is 3.10. The Morgan fingerprint density at radius 2 is 2.20 bits per heavy atom. The molecule has 4 aromatic rings. The molecule has 126 valence electrons. The molecule has 0 spiro atoms. The molecule has 0 bridgehead atoms. The maximum Gasteiger partial charge on any atom is 0.262 e. The molecule has 3 aromatic heterocycles. The van der Waals surface area contributed by atoms with Crippen LogP contribution in [0.25, 0.3) is 21.7 Å². The van der Waals surface area contributed by atoms with Gasteiger partial charge in [0.2, 0.25) is 5.89 Å². The number of rotatable bonds is 4. The molecule has 1 aromatic carbocycles. The number of nitrogens with zero attached hydrogens (tertiary/aromatic N) is 3. The number of hydrogen-bond donors (Lipinski definition) is 0. The Kier molecular flexibility index (Phi) is 4.15. The molecule has 0 amide bonds. The van der Waals surface area contributed by atoms with E-state index in [1.165, 1.54) is 0 Å². The van der Waals surface area contributed by atoms with Crippen molar-refractivity contribution in [2.24, 2.45) is 0 Å². The number of benzene rings is 1. The van der Waals surface area contributed by atoms with E-state index in [0.29, 0.717) is 28.5 Å². The van der Waals surface area contributed by atoms with Crippen LogP contribution >= 0.6 is 22.9 Å². The van der Waals surface area contributed by atoms with Crippen molar-refractivity contribution in [3.63, 3.8) is 0 Å². The van der Waals surface area contributed by atoms with Gasteiger partial charge in [0.25, 0.3) is 5.56 Å². The molecule has 4 rings (SSSR count). The summed E-state index contributed by atoms with van der Waals surface area (Å²) >= 11 is 7.56. The van der Waals surface area contributed by atoms with Crippen LogP contribution in [0.4, 0.5) is 0 Å². The van der Waals surface area contributed by atoms with Crippen LogP contribution in [0.1, 0.15) is 17.5 Å². The van der Waals surface area contributed by atoms with Gasteiger partial charge in [-0.1, -0.05) is 24.6 Å². The minimum Gasteiger partial charge on any atom is -0.444 e. The number of aromatic nitrogens is 3. The molecule has 5 nitrogen and oxygen atoms in total. The van der Waals surface area contributed by atoms with E-state index in [4.69, 9.17) is 16.0 Å². The van der Waals surface area contributed by atoms with Crippen molar-refractivity contribution in [3.8, 4) is 11.5 Å². The first-order valence-electron chi connectivity index (χ1n) is 7.82. The van der Waals surface area contributed by atoms with E-state index in [1.807, 2.05) is 18.2 Å². The molecule has 0 radical (unpaired) electrons. The summed E-state index contributed by atoms with van der Waals surface area (Å²) in [6, 6.07) is 9.21. The van der Waals surface area contributed by atoms with E-state index in [2.05, 4.69) is 16.9 Å². The largest absolute Gasteiger partial charge is 0.444 e. The Morgan fingerprint density at radius 3 is 3.00 bits per heavy atom. The monoisotopic (exact) mass is 371 g/mol. The smallest absolute Gasteiger partial charge is 0.262 e. The topological polar surface area (TPSA) is 60.9 Å². The van der Waals surface area contributed by atoms with Crippen LogP contribution in [0.2, 0.25) is 5.02 Å².